The summed E-state index contributed by atoms with van der Waals surface area (Å²) in [6, 6.07) is 0. The fourth-order valence-electron chi connectivity index (χ4n) is 0.856. The van der Waals surface area contributed by atoms with E-state index >= 15 is 0 Å². The van der Waals surface area contributed by atoms with Crippen LogP contribution in [0.1, 0.15) is 25.7 Å². The maximum absolute atomic E-state index is 3.73. The van der Waals surface area contributed by atoms with Crippen LogP contribution in [0.25, 0.3) is 0 Å². The van der Waals surface area contributed by atoms with Gasteiger partial charge in [-0.1, -0.05) is 12.8 Å². The largest absolute Gasteiger partial charge is 2.00 e. The van der Waals surface area contributed by atoms with Crippen LogP contribution >= 0.6 is 0 Å². The minimum absolute atomic E-state index is 0. The standard InChI is InChI=1S/2C6H14N.Mg/c2*1-4-5-6-7(2)3;/h2*1,4-6H2,2-3H3;/q2*-1;+2. The number of nitrogens with zero attached hydrogens (tertiary/aromatic N) is 2. The Balaban J connectivity index is -0.000000180. The molecule has 0 aliphatic rings. The van der Waals surface area contributed by atoms with Crippen LogP contribution in [0.15, 0.2) is 0 Å². The van der Waals surface area contributed by atoms with Crippen LogP contribution in [-0.2, 0) is 0 Å². The molecule has 0 aromatic carbocycles. The minimum atomic E-state index is 0. The zero-order valence-corrected chi connectivity index (χ0v) is 12.7. The molecule has 0 aliphatic heterocycles. The van der Waals surface area contributed by atoms with Crippen molar-refractivity contribution in [3.63, 3.8) is 0 Å². The van der Waals surface area contributed by atoms with Gasteiger partial charge in [0, 0.05) is 0 Å². The van der Waals surface area contributed by atoms with Crippen LogP contribution in [-0.4, -0.2) is 74.1 Å². The molecule has 2 nitrogen and oxygen atoms in total. The Bertz CT molecular complexity index is 83.6. The second-order valence-electron chi connectivity index (χ2n) is 4.02. The van der Waals surface area contributed by atoms with Crippen molar-refractivity contribution in [2.75, 3.05) is 41.3 Å². The molecular formula is C12H28MgN2. The predicted octanol–water partition coefficient (Wildman–Crippen LogP) is 1.94. The van der Waals surface area contributed by atoms with Crippen LogP contribution in [0.3, 0.4) is 0 Å². The van der Waals surface area contributed by atoms with Gasteiger partial charge in [-0.05, 0) is 41.3 Å². The molecule has 0 heterocycles. The van der Waals surface area contributed by atoms with Gasteiger partial charge in [0.05, 0.1) is 0 Å². The summed E-state index contributed by atoms with van der Waals surface area (Å²) in [4.78, 5) is 4.34. The number of hydrogen-bond acceptors (Lipinski definition) is 2. The molecule has 15 heavy (non-hydrogen) atoms. The Morgan fingerprint density at radius 1 is 0.733 bits per heavy atom. The SMILES string of the molecule is [CH2-]CCCN(C)C.[CH2-]CCCN(C)C.[Mg+2]. The second kappa shape index (κ2) is 17.1. The fraction of sp³-hybridized carbons (Fsp3) is 0.833. The molecule has 0 spiro atoms. The molecule has 88 valence electrons. The van der Waals surface area contributed by atoms with Gasteiger partial charge in [0.2, 0.25) is 0 Å². The molecule has 0 aliphatic carbocycles. The fourth-order valence-corrected chi connectivity index (χ4v) is 0.856. The van der Waals surface area contributed by atoms with Crippen LogP contribution in [0.5, 0.6) is 0 Å². The van der Waals surface area contributed by atoms with Crippen LogP contribution < -0.4 is 0 Å². The van der Waals surface area contributed by atoms with Crippen molar-refractivity contribution in [2.45, 2.75) is 25.7 Å². The Morgan fingerprint density at radius 2 is 1.00 bits per heavy atom. The normalized spacial score (nSPS) is 9.60. The molecule has 0 N–H and O–H groups in total. The Hall–Kier alpha value is 0.686. The first-order valence-electron chi connectivity index (χ1n) is 5.42. The van der Waals surface area contributed by atoms with Gasteiger partial charge >= 0.3 is 23.1 Å². The first kappa shape index (κ1) is 21.0. The monoisotopic (exact) mass is 224 g/mol. The van der Waals surface area contributed by atoms with Crippen molar-refractivity contribution in [3.8, 4) is 0 Å². The van der Waals surface area contributed by atoms with E-state index in [-0.39, 0.29) is 23.1 Å². The van der Waals surface area contributed by atoms with Gasteiger partial charge in [-0.25, -0.2) is 0 Å². The summed E-state index contributed by atoms with van der Waals surface area (Å²) in [5.41, 5.74) is 0. The molecule has 3 heteroatoms. The van der Waals surface area contributed by atoms with Crippen LogP contribution in [0.4, 0.5) is 0 Å². The average Bonchev–Trinajstić information content (AvgIpc) is 2.12. The molecule has 0 bridgehead atoms. The third-order valence-corrected chi connectivity index (χ3v) is 1.71. The van der Waals surface area contributed by atoms with Gasteiger partial charge in [0.15, 0.2) is 0 Å². The molecule has 0 radical (unpaired) electrons. The van der Waals surface area contributed by atoms with Crippen LogP contribution in [0.2, 0.25) is 0 Å². The van der Waals surface area contributed by atoms with Crippen LogP contribution in [0, 0.1) is 13.8 Å². The minimum Gasteiger partial charge on any atom is -0.343 e. The van der Waals surface area contributed by atoms with Crippen molar-refractivity contribution >= 4 is 23.1 Å². The molecular weight excluding hydrogens is 196 g/mol. The molecule has 0 rings (SSSR count). The Morgan fingerprint density at radius 3 is 1.07 bits per heavy atom. The maximum Gasteiger partial charge on any atom is 2.00 e. The molecule has 0 unspecified atom stereocenters. The maximum atomic E-state index is 3.73. The second-order valence-corrected chi connectivity index (χ2v) is 4.02. The van der Waals surface area contributed by atoms with E-state index in [9.17, 15) is 0 Å². The number of hydrogen-bond donors (Lipinski definition) is 0. The van der Waals surface area contributed by atoms with E-state index in [1.807, 2.05) is 0 Å². The smallest absolute Gasteiger partial charge is 0.343 e. The molecule has 0 aromatic heterocycles. The van der Waals surface area contributed by atoms with Gasteiger partial charge in [0.1, 0.15) is 0 Å². The summed E-state index contributed by atoms with van der Waals surface area (Å²) in [6.45, 7) is 9.80. The predicted molar refractivity (Wildman–Crippen MR) is 72.0 cm³/mol. The molecule has 0 saturated heterocycles. The van der Waals surface area contributed by atoms with Gasteiger partial charge in [-0.15, -0.1) is 0 Å². The quantitative estimate of drug-likeness (QED) is 0.503. The van der Waals surface area contributed by atoms with E-state index < -0.39 is 0 Å². The number of rotatable bonds is 6. The zero-order valence-electron chi connectivity index (χ0n) is 11.3. The summed E-state index contributed by atoms with van der Waals surface area (Å²) in [5.74, 6) is 0. The molecule has 0 atom stereocenters. The van der Waals surface area contributed by atoms with Crippen molar-refractivity contribution in [2.24, 2.45) is 0 Å². The zero-order chi connectivity index (χ0) is 11.4. The van der Waals surface area contributed by atoms with E-state index in [1.54, 1.807) is 0 Å². The summed E-state index contributed by atoms with van der Waals surface area (Å²) < 4.78 is 0. The Labute approximate surface area is 114 Å². The molecule has 0 saturated carbocycles. The van der Waals surface area contributed by atoms with Gasteiger partial charge < -0.3 is 23.6 Å². The third kappa shape index (κ3) is 31.3. The average molecular weight is 225 g/mol. The summed E-state index contributed by atoms with van der Waals surface area (Å²) >= 11 is 0. The summed E-state index contributed by atoms with van der Waals surface area (Å²) in [6.07, 6.45) is 4.54. The first-order valence-corrected chi connectivity index (χ1v) is 5.42. The van der Waals surface area contributed by atoms with Crippen molar-refractivity contribution in [1.29, 1.82) is 0 Å². The summed E-state index contributed by atoms with van der Waals surface area (Å²) in [7, 11) is 8.32. The van der Waals surface area contributed by atoms with Gasteiger partial charge in [0.25, 0.3) is 0 Å². The van der Waals surface area contributed by atoms with Gasteiger partial charge in [-0.3, -0.25) is 0 Å². The number of unbranched alkanes of at least 4 members (excludes halogenated alkanes) is 2. The topological polar surface area (TPSA) is 6.48 Å². The first-order chi connectivity index (χ1) is 6.54. The third-order valence-electron chi connectivity index (χ3n) is 1.71. The van der Waals surface area contributed by atoms with Crippen molar-refractivity contribution in [3.05, 3.63) is 13.8 Å². The molecule has 0 amide bonds. The van der Waals surface area contributed by atoms with E-state index in [0.717, 1.165) is 12.8 Å². The molecule has 0 fully saturated rings. The Kier molecular flexibility index (Phi) is 24.0. The van der Waals surface area contributed by atoms with Crippen molar-refractivity contribution < 1.29 is 0 Å². The van der Waals surface area contributed by atoms with E-state index in [0.29, 0.717) is 0 Å². The van der Waals surface area contributed by atoms with Crippen molar-refractivity contribution in [1.82, 2.24) is 9.80 Å². The van der Waals surface area contributed by atoms with E-state index in [2.05, 4.69) is 51.8 Å². The summed E-state index contributed by atoms with van der Waals surface area (Å²) in [5, 5.41) is 0. The van der Waals surface area contributed by atoms with E-state index in [4.69, 9.17) is 0 Å². The van der Waals surface area contributed by atoms with E-state index in [1.165, 1.54) is 25.9 Å². The molecule has 0 aromatic rings. The van der Waals surface area contributed by atoms with Gasteiger partial charge in [-0.2, -0.15) is 12.8 Å².